The molecule has 0 rings (SSSR count). The maximum atomic E-state index is 11.0. The molecule has 0 spiro atoms. The average molecular weight is 243 g/mol. The van der Waals surface area contributed by atoms with Gasteiger partial charge in [-0.25, -0.2) is 0 Å². The molecule has 0 saturated heterocycles. The molecule has 0 aromatic rings. The van der Waals surface area contributed by atoms with E-state index in [1.54, 1.807) is 0 Å². The van der Waals surface area contributed by atoms with Gasteiger partial charge in [0.2, 0.25) is 0 Å². The molecular formula is C10H21GaO2. The molecule has 0 N–H and O–H groups in total. The summed E-state index contributed by atoms with van der Waals surface area (Å²) in [6, 6.07) is 0. The number of hydrogen-bond acceptors (Lipinski definition) is 2. The van der Waals surface area contributed by atoms with Crippen LogP contribution in [0.4, 0.5) is 0 Å². The van der Waals surface area contributed by atoms with E-state index in [4.69, 9.17) is 3.53 Å². The van der Waals surface area contributed by atoms with E-state index < -0.39 is 16.6 Å². The fourth-order valence-corrected chi connectivity index (χ4v) is 9.45. The minimum atomic E-state index is -2.03. The summed E-state index contributed by atoms with van der Waals surface area (Å²) < 4.78 is 5.88. The summed E-state index contributed by atoms with van der Waals surface area (Å²) in [4.78, 5) is 11.0. The molecule has 0 saturated carbocycles. The van der Waals surface area contributed by atoms with Crippen LogP contribution in [0.25, 0.3) is 0 Å². The first-order valence-electron chi connectivity index (χ1n) is 4.72. The van der Waals surface area contributed by atoms with Crippen molar-refractivity contribution in [1.29, 1.82) is 0 Å². The molecule has 2 nitrogen and oxygen atoms in total. The molecule has 0 aliphatic heterocycles. The van der Waals surface area contributed by atoms with Crippen LogP contribution in [-0.2, 0) is 8.32 Å². The predicted molar refractivity (Wildman–Crippen MR) is 57.0 cm³/mol. The van der Waals surface area contributed by atoms with Gasteiger partial charge in [-0.05, 0) is 0 Å². The van der Waals surface area contributed by atoms with Crippen LogP contribution in [-0.4, -0.2) is 22.6 Å². The summed E-state index contributed by atoms with van der Waals surface area (Å²) >= 11 is -2.03. The Balaban J connectivity index is 4.68. The van der Waals surface area contributed by atoms with Crippen LogP contribution in [0.3, 0.4) is 0 Å². The molecule has 0 heterocycles. The van der Waals surface area contributed by atoms with Gasteiger partial charge < -0.3 is 0 Å². The fraction of sp³-hybridized carbons (Fsp3) is 0.900. The van der Waals surface area contributed by atoms with Crippen LogP contribution in [0.2, 0.25) is 7.94 Å². The summed E-state index contributed by atoms with van der Waals surface area (Å²) in [5.41, 5.74) is 0. The zero-order chi connectivity index (χ0) is 10.9. The molecule has 0 amide bonds. The molecule has 0 aliphatic carbocycles. The molecule has 0 bridgehead atoms. The normalized spacial score (nSPS) is 12.5. The van der Waals surface area contributed by atoms with Crippen molar-refractivity contribution in [1.82, 2.24) is 0 Å². The SMILES string of the molecule is CC(=O)[O][Ga]([C](C)(C)C)[C](C)(C)C. The minimum absolute atomic E-state index is 0.116. The van der Waals surface area contributed by atoms with Crippen molar-refractivity contribution in [3.05, 3.63) is 0 Å². The maximum absolute atomic E-state index is 11.0. The second-order valence-electron chi connectivity index (χ2n) is 5.72. The standard InChI is InChI=1S/2C4H9.C2H4O2.Ga/c2*1-4(2)3;1-2(3)4;/h2*1-3H3;1H3,(H,3,4);/q;;;+1/p-1. The number of carbonyl (C=O) groups is 1. The van der Waals surface area contributed by atoms with Crippen LogP contribution in [0.5, 0.6) is 0 Å². The van der Waals surface area contributed by atoms with Gasteiger partial charge in [-0.2, -0.15) is 0 Å². The van der Waals surface area contributed by atoms with E-state index in [0.29, 0.717) is 0 Å². The van der Waals surface area contributed by atoms with Crippen molar-refractivity contribution in [2.75, 3.05) is 0 Å². The Bertz CT molecular complexity index is 172. The van der Waals surface area contributed by atoms with E-state index in [9.17, 15) is 4.79 Å². The summed E-state index contributed by atoms with van der Waals surface area (Å²) in [6.07, 6.45) is 0. The Hall–Kier alpha value is 0.106. The third kappa shape index (κ3) is 4.77. The Kier molecular flexibility index (Phi) is 4.12. The Morgan fingerprint density at radius 3 is 1.38 bits per heavy atom. The van der Waals surface area contributed by atoms with Gasteiger partial charge in [0.05, 0.1) is 0 Å². The quantitative estimate of drug-likeness (QED) is 0.661. The molecule has 0 aromatic heterocycles. The first-order chi connectivity index (χ1) is 5.55. The molecule has 0 aliphatic rings. The summed E-state index contributed by atoms with van der Waals surface area (Å²) in [5.74, 6) is -0.116. The van der Waals surface area contributed by atoms with E-state index >= 15 is 0 Å². The monoisotopic (exact) mass is 242 g/mol. The van der Waals surface area contributed by atoms with Crippen LogP contribution in [0, 0.1) is 0 Å². The van der Waals surface area contributed by atoms with Gasteiger partial charge in [-0.15, -0.1) is 0 Å². The van der Waals surface area contributed by atoms with Gasteiger partial charge in [-0.1, -0.05) is 0 Å². The third-order valence-electron chi connectivity index (χ3n) is 1.86. The van der Waals surface area contributed by atoms with Gasteiger partial charge in [0, 0.05) is 0 Å². The molecule has 0 atom stereocenters. The molecule has 0 radical (unpaired) electrons. The summed E-state index contributed by atoms with van der Waals surface area (Å²) in [6.45, 7) is 14.5. The van der Waals surface area contributed by atoms with Crippen molar-refractivity contribution < 1.29 is 8.32 Å². The van der Waals surface area contributed by atoms with E-state index in [-0.39, 0.29) is 13.9 Å². The molecule has 13 heavy (non-hydrogen) atoms. The Labute approximate surface area is 87.5 Å². The second kappa shape index (κ2) is 4.09. The Morgan fingerprint density at radius 1 is 1.00 bits per heavy atom. The average Bonchev–Trinajstić information content (AvgIpc) is 1.77. The molecule has 0 aromatic carbocycles. The molecular weight excluding hydrogens is 222 g/mol. The first kappa shape index (κ1) is 13.1. The molecule has 0 fully saturated rings. The fourth-order valence-electron chi connectivity index (χ4n) is 1.82. The predicted octanol–water partition coefficient (Wildman–Crippen LogP) is 3.14. The van der Waals surface area contributed by atoms with Gasteiger partial charge >= 0.3 is 87.3 Å². The third-order valence-corrected chi connectivity index (χ3v) is 9.65. The van der Waals surface area contributed by atoms with Crippen molar-refractivity contribution in [2.24, 2.45) is 0 Å². The topological polar surface area (TPSA) is 26.3 Å². The van der Waals surface area contributed by atoms with Gasteiger partial charge in [0.25, 0.3) is 0 Å². The van der Waals surface area contributed by atoms with E-state index in [0.717, 1.165) is 0 Å². The van der Waals surface area contributed by atoms with Crippen molar-refractivity contribution in [3.8, 4) is 0 Å². The summed E-state index contributed by atoms with van der Waals surface area (Å²) in [5, 5.41) is 0. The van der Waals surface area contributed by atoms with Crippen LogP contribution < -0.4 is 0 Å². The number of carbonyl (C=O) groups excluding carboxylic acids is 1. The van der Waals surface area contributed by atoms with Gasteiger partial charge in [-0.3, -0.25) is 0 Å². The van der Waals surface area contributed by atoms with Gasteiger partial charge in [0.1, 0.15) is 0 Å². The number of rotatable bonds is 1. The second-order valence-corrected chi connectivity index (χ2v) is 15.1. The van der Waals surface area contributed by atoms with Crippen LogP contribution in [0.15, 0.2) is 0 Å². The zero-order valence-corrected chi connectivity index (χ0v) is 12.3. The van der Waals surface area contributed by atoms with Crippen molar-refractivity contribution >= 4 is 22.6 Å². The zero-order valence-electron chi connectivity index (χ0n) is 9.89. The van der Waals surface area contributed by atoms with E-state index in [1.807, 2.05) is 0 Å². The Morgan fingerprint density at radius 2 is 1.31 bits per heavy atom. The van der Waals surface area contributed by atoms with Crippen LogP contribution in [0.1, 0.15) is 48.5 Å². The first-order valence-corrected chi connectivity index (χ1v) is 8.13. The number of hydrogen-bond donors (Lipinski definition) is 0. The van der Waals surface area contributed by atoms with Crippen molar-refractivity contribution in [3.63, 3.8) is 0 Å². The molecule has 0 unspecified atom stereocenters. The van der Waals surface area contributed by atoms with E-state index in [1.165, 1.54) is 6.92 Å². The van der Waals surface area contributed by atoms with E-state index in [2.05, 4.69) is 41.5 Å². The van der Waals surface area contributed by atoms with Crippen molar-refractivity contribution in [2.45, 2.75) is 56.4 Å². The van der Waals surface area contributed by atoms with Gasteiger partial charge in [0.15, 0.2) is 0 Å². The van der Waals surface area contributed by atoms with Crippen LogP contribution >= 0.6 is 0 Å². The summed E-state index contributed by atoms with van der Waals surface area (Å²) in [7, 11) is 0. The molecule has 3 heteroatoms. The molecule has 76 valence electrons.